The van der Waals surface area contributed by atoms with Crippen LogP contribution in [0.2, 0.25) is 0 Å². The Labute approximate surface area is 163 Å². The average molecular weight is 387 g/mol. The number of carbonyl (C=O) groups excluding carboxylic acids is 2. The number of amides is 2. The lowest BCUT2D eigenvalue weighted by molar-refractivity contribution is -0.121. The lowest BCUT2D eigenvalue weighted by atomic mass is 10.1. The van der Waals surface area contributed by atoms with Crippen molar-refractivity contribution in [2.24, 2.45) is 0 Å². The first-order chi connectivity index (χ1) is 13.6. The topological polar surface area (TPSA) is 93.0 Å². The summed E-state index contributed by atoms with van der Waals surface area (Å²) in [5.41, 5.74) is 2.24. The van der Waals surface area contributed by atoms with Crippen molar-refractivity contribution in [3.63, 3.8) is 0 Å². The predicted molar refractivity (Wildman–Crippen MR) is 104 cm³/mol. The van der Waals surface area contributed by atoms with E-state index in [9.17, 15) is 9.59 Å². The maximum atomic E-state index is 12.3. The molecule has 150 valence electrons. The molecule has 1 aromatic carbocycles. The van der Waals surface area contributed by atoms with E-state index in [0.29, 0.717) is 37.6 Å². The number of ether oxygens (including phenoxy) is 2. The number of nitrogens with zero attached hydrogens (tertiary/aromatic N) is 1. The highest BCUT2D eigenvalue weighted by Gasteiger charge is 2.27. The predicted octanol–water partition coefficient (Wildman–Crippen LogP) is 1.56. The Morgan fingerprint density at radius 3 is 2.89 bits per heavy atom. The van der Waals surface area contributed by atoms with E-state index in [4.69, 9.17) is 13.9 Å². The van der Waals surface area contributed by atoms with Crippen molar-refractivity contribution in [3.8, 4) is 5.75 Å². The van der Waals surface area contributed by atoms with Gasteiger partial charge in [0, 0.05) is 38.4 Å². The van der Waals surface area contributed by atoms with Crippen molar-refractivity contribution in [3.05, 3.63) is 47.9 Å². The molecule has 0 bridgehead atoms. The smallest absolute Gasteiger partial charge is 0.251 e. The fraction of sp³-hybridized carbons (Fsp3) is 0.400. The molecule has 1 atom stereocenters. The van der Waals surface area contributed by atoms with Gasteiger partial charge in [-0.1, -0.05) is 0 Å². The van der Waals surface area contributed by atoms with E-state index in [0.717, 1.165) is 11.3 Å². The van der Waals surface area contributed by atoms with Gasteiger partial charge in [0.1, 0.15) is 12.4 Å². The lowest BCUT2D eigenvalue weighted by Crippen LogP contribution is -2.43. The number of hydrogen-bond acceptors (Lipinski definition) is 6. The second-order valence-electron chi connectivity index (χ2n) is 6.62. The van der Waals surface area contributed by atoms with Gasteiger partial charge < -0.3 is 29.4 Å². The van der Waals surface area contributed by atoms with Crippen molar-refractivity contribution in [2.45, 2.75) is 19.0 Å². The van der Waals surface area contributed by atoms with Crippen LogP contribution in [-0.4, -0.2) is 51.8 Å². The highest BCUT2D eigenvalue weighted by atomic mass is 16.5. The minimum Gasteiger partial charge on any atom is -0.489 e. The molecule has 1 aliphatic rings. The van der Waals surface area contributed by atoms with Gasteiger partial charge >= 0.3 is 0 Å². The molecule has 0 unspecified atom stereocenters. The normalized spacial score (nSPS) is 15.5. The van der Waals surface area contributed by atoms with Crippen LogP contribution in [0.25, 0.3) is 0 Å². The molecule has 0 saturated carbocycles. The van der Waals surface area contributed by atoms with Crippen molar-refractivity contribution in [1.29, 1.82) is 0 Å². The van der Waals surface area contributed by atoms with Crippen molar-refractivity contribution in [2.75, 3.05) is 38.8 Å². The largest absolute Gasteiger partial charge is 0.489 e. The number of furan rings is 1. The maximum absolute atomic E-state index is 12.3. The molecule has 3 rings (SSSR count). The molecule has 0 fully saturated rings. The van der Waals surface area contributed by atoms with E-state index in [1.807, 2.05) is 18.0 Å². The zero-order valence-corrected chi connectivity index (χ0v) is 16.1. The molecule has 0 spiro atoms. The lowest BCUT2D eigenvalue weighted by Gasteiger charge is -2.35. The summed E-state index contributed by atoms with van der Waals surface area (Å²) in [5.74, 6) is 0.456. The van der Waals surface area contributed by atoms with Gasteiger partial charge in [-0.05, 0) is 24.3 Å². The SMILES string of the molecule is COCCNC(=O)c1ccc2c(c1)N(C)[C@H](CC(=O)NCc1ccoc1)CO2. The minimum absolute atomic E-state index is 0.0708. The Kier molecular flexibility index (Phi) is 6.54. The van der Waals surface area contributed by atoms with Gasteiger partial charge in [0.15, 0.2) is 0 Å². The fourth-order valence-corrected chi connectivity index (χ4v) is 3.00. The van der Waals surface area contributed by atoms with Crippen LogP contribution in [0.15, 0.2) is 41.2 Å². The third-order valence-corrected chi connectivity index (χ3v) is 4.66. The molecule has 1 aliphatic heterocycles. The average Bonchev–Trinajstić information content (AvgIpc) is 3.22. The van der Waals surface area contributed by atoms with Crippen molar-refractivity contribution < 1.29 is 23.5 Å². The van der Waals surface area contributed by atoms with Crippen LogP contribution in [0.4, 0.5) is 5.69 Å². The number of benzene rings is 1. The van der Waals surface area contributed by atoms with Crippen LogP contribution in [0.1, 0.15) is 22.3 Å². The Balaban J connectivity index is 1.60. The van der Waals surface area contributed by atoms with Gasteiger partial charge in [-0.15, -0.1) is 0 Å². The number of fused-ring (bicyclic) bond motifs is 1. The third-order valence-electron chi connectivity index (χ3n) is 4.66. The number of nitrogens with one attached hydrogen (secondary N) is 2. The Hall–Kier alpha value is -3.00. The first-order valence-electron chi connectivity index (χ1n) is 9.13. The fourth-order valence-electron chi connectivity index (χ4n) is 3.00. The molecule has 2 aromatic rings. The zero-order valence-electron chi connectivity index (χ0n) is 16.1. The van der Waals surface area contributed by atoms with Gasteiger partial charge in [0.05, 0.1) is 37.3 Å². The number of methoxy groups -OCH3 is 1. The van der Waals surface area contributed by atoms with Crippen LogP contribution < -0.4 is 20.3 Å². The molecule has 0 radical (unpaired) electrons. The number of carbonyl (C=O) groups is 2. The summed E-state index contributed by atoms with van der Waals surface area (Å²) < 4.78 is 15.7. The first kappa shape index (κ1) is 19.8. The standard InChI is InChI=1S/C20H25N3O5/c1-23-16(10-19(24)22-11-14-5-7-27-12-14)13-28-18-4-3-15(9-17(18)23)20(25)21-6-8-26-2/h3-5,7,9,12,16H,6,8,10-11,13H2,1-2H3,(H,21,25)(H,22,24)/t16-/m1/s1. The van der Waals surface area contributed by atoms with E-state index in [2.05, 4.69) is 10.6 Å². The summed E-state index contributed by atoms with van der Waals surface area (Å²) in [7, 11) is 3.49. The van der Waals surface area contributed by atoms with E-state index < -0.39 is 0 Å². The molecular weight excluding hydrogens is 362 g/mol. The summed E-state index contributed by atoms with van der Waals surface area (Å²) in [6, 6.07) is 6.99. The molecule has 0 saturated heterocycles. The summed E-state index contributed by atoms with van der Waals surface area (Å²) in [6.45, 7) is 1.73. The summed E-state index contributed by atoms with van der Waals surface area (Å²) in [4.78, 5) is 26.5. The number of hydrogen-bond donors (Lipinski definition) is 2. The number of anilines is 1. The van der Waals surface area contributed by atoms with E-state index >= 15 is 0 Å². The minimum atomic E-state index is -0.173. The molecule has 1 aromatic heterocycles. The van der Waals surface area contributed by atoms with Crippen LogP contribution >= 0.6 is 0 Å². The Bertz CT molecular complexity index is 806. The van der Waals surface area contributed by atoms with Crippen LogP contribution in [0.5, 0.6) is 5.75 Å². The molecule has 2 amide bonds. The van der Waals surface area contributed by atoms with Gasteiger partial charge in [-0.3, -0.25) is 9.59 Å². The number of likely N-dealkylation sites (N-methyl/N-ethyl adjacent to an activating group) is 1. The molecule has 0 aliphatic carbocycles. The Morgan fingerprint density at radius 2 is 2.14 bits per heavy atom. The maximum Gasteiger partial charge on any atom is 0.251 e. The first-order valence-corrected chi connectivity index (χ1v) is 9.13. The molecule has 28 heavy (non-hydrogen) atoms. The molecule has 2 heterocycles. The molecule has 2 N–H and O–H groups in total. The van der Waals surface area contributed by atoms with Crippen molar-refractivity contribution in [1.82, 2.24) is 10.6 Å². The summed E-state index contributed by atoms with van der Waals surface area (Å²) in [6.07, 6.45) is 3.47. The van der Waals surface area contributed by atoms with E-state index in [1.54, 1.807) is 37.8 Å². The third kappa shape index (κ3) is 4.83. The highest BCUT2D eigenvalue weighted by molar-refractivity contribution is 5.95. The second-order valence-corrected chi connectivity index (χ2v) is 6.62. The monoisotopic (exact) mass is 387 g/mol. The van der Waals surface area contributed by atoms with E-state index in [-0.39, 0.29) is 24.3 Å². The quantitative estimate of drug-likeness (QED) is 0.668. The number of rotatable bonds is 8. The van der Waals surface area contributed by atoms with Crippen LogP contribution in [0, 0.1) is 0 Å². The molecular formula is C20H25N3O5. The van der Waals surface area contributed by atoms with E-state index in [1.165, 1.54) is 0 Å². The Morgan fingerprint density at radius 1 is 1.29 bits per heavy atom. The summed E-state index contributed by atoms with van der Waals surface area (Å²) in [5, 5.41) is 5.68. The van der Waals surface area contributed by atoms with Gasteiger partial charge in [-0.25, -0.2) is 0 Å². The van der Waals surface area contributed by atoms with Crippen molar-refractivity contribution >= 4 is 17.5 Å². The van der Waals surface area contributed by atoms with Gasteiger partial charge in [-0.2, -0.15) is 0 Å². The van der Waals surface area contributed by atoms with Gasteiger partial charge in [0.25, 0.3) is 5.91 Å². The summed E-state index contributed by atoms with van der Waals surface area (Å²) >= 11 is 0. The zero-order chi connectivity index (χ0) is 19.9. The highest BCUT2D eigenvalue weighted by Crippen LogP contribution is 2.34. The van der Waals surface area contributed by atoms with Crippen LogP contribution in [0.3, 0.4) is 0 Å². The van der Waals surface area contributed by atoms with Gasteiger partial charge in [0.2, 0.25) is 5.91 Å². The second kappa shape index (κ2) is 9.27. The van der Waals surface area contributed by atoms with Crippen LogP contribution in [-0.2, 0) is 16.1 Å². The molecule has 8 heteroatoms. The molecule has 8 nitrogen and oxygen atoms in total.